The van der Waals surface area contributed by atoms with Gasteiger partial charge >= 0.3 is 0 Å². The van der Waals surface area contributed by atoms with Gasteiger partial charge in [-0.3, -0.25) is 4.79 Å². The molecule has 1 atom stereocenters. The van der Waals surface area contributed by atoms with Crippen molar-refractivity contribution in [1.82, 2.24) is 0 Å². The van der Waals surface area contributed by atoms with E-state index in [4.69, 9.17) is 9.47 Å². The third-order valence-corrected chi connectivity index (χ3v) is 4.60. The van der Waals surface area contributed by atoms with E-state index in [0.29, 0.717) is 17.5 Å². The summed E-state index contributed by atoms with van der Waals surface area (Å²) in [4.78, 5) is 12.4. The predicted molar refractivity (Wildman–Crippen MR) is 104 cm³/mol. The van der Waals surface area contributed by atoms with Gasteiger partial charge in [0.25, 0.3) is 0 Å². The summed E-state index contributed by atoms with van der Waals surface area (Å²) < 4.78 is 11.2. The normalized spacial score (nSPS) is 15.3. The van der Waals surface area contributed by atoms with Crippen molar-refractivity contribution in [3.63, 3.8) is 0 Å². The van der Waals surface area contributed by atoms with Gasteiger partial charge in [0.1, 0.15) is 17.5 Å². The second-order valence-corrected chi connectivity index (χ2v) is 6.60. The maximum atomic E-state index is 12.4. The number of rotatable bonds is 7. The predicted octanol–water partition coefficient (Wildman–Crippen LogP) is 4.46. The van der Waals surface area contributed by atoms with Crippen LogP contribution in [0.25, 0.3) is 0 Å². The van der Waals surface area contributed by atoms with Crippen molar-refractivity contribution in [3.8, 4) is 11.5 Å². The largest absolute Gasteiger partial charge is 0.495 e. The molecular formula is C21H26N2O3. The van der Waals surface area contributed by atoms with Crippen molar-refractivity contribution in [2.45, 2.75) is 44.8 Å². The molecule has 3 rings (SSSR count). The van der Waals surface area contributed by atoms with E-state index in [1.807, 2.05) is 55.5 Å². The number of benzene rings is 2. The Morgan fingerprint density at radius 1 is 1.08 bits per heavy atom. The summed E-state index contributed by atoms with van der Waals surface area (Å²) in [5, 5.41) is 6.10. The van der Waals surface area contributed by atoms with Crippen LogP contribution in [-0.2, 0) is 4.79 Å². The molecule has 5 nitrogen and oxygen atoms in total. The Kier molecular flexibility index (Phi) is 6.00. The molecule has 0 aliphatic heterocycles. The van der Waals surface area contributed by atoms with Crippen LogP contribution in [0.5, 0.6) is 11.5 Å². The molecule has 1 saturated carbocycles. The fourth-order valence-corrected chi connectivity index (χ4v) is 3.13. The molecule has 0 bridgehead atoms. The van der Waals surface area contributed by atoms with E-state index < -0.39 is 0 Å². The Labute approximate surface area is 154 Å². The fourth-order valence-electron chi connectivity index (χ4n) is 3.13. The number of hydrogen-bond acceptors (Lipinski definition) is 4. The number of methoxy groups -OCH3 is 1. The number of amides is 1. The van der Waals surface area contributed by atoms with Gasteiger partial charge in [0.05, 0.1) is 18.9 Å². The highest BCUT2D eigenvalue weighted by Gasteiger charge is 2.17. The van der Waals surface area contributed by atoms with Gasteiger partial charge in [-0.25, -0.2) is 0 Å². The van der Waals surface area contributed by atoms with E-state index in [9.17, 15) is 4.79 Å². The average Bonchev–Trinajstić information content (AvgIpc) is 3.16. The van der Waals surface area contributed by atoms with Gasteiger partial charge in [0, 0.05) is 5.69 Å². The summed E-state index contributed by atoms with van der Waals surface area (Å²) in [6.45, 7) is 1.83. The molecular weight excluding hydrogens is 328 g/mol. The second kappa shape index (κ2) is 8.61. The SMILES string of the molecule is COc1ccccc1NC(=O)C(C)Nc1ccc(OC2CCCC2)cc1. The summed E-state index contributed by atoms with van der Waals surface area (Å²) in [7, 11) is 1.59. The Balaban J connectivity index is 1.55. The Hall–Kier alpha value is -2.69. The van der Waals surface area contributed by atoms with Crippen LogP contribution in [0.1, 0.15) is 32.6 Å². The fraction of sp³-hybridized carbons (Fsp3) is 0.381. The number of carbonyl (C=O) groups is 1. The smallest absolute Gasteiger partial charge is 0.246 e. The molecule has 5 heteroatoms. The Bertz CT molecular complexity index is 724. The zero-order valence-electron chi connectivity index (χ0n) is 15.3. The van der Waals surface area contributed by atoms with E-state index in [2.05, 4.69) is 10.6 Å². The van der Waals surface area contributed by atoms with Gasteiger partial charge in [0.2, 0.25) is 5.91 Å². The van der Waals surface area contributed by atoms with Gasteiger partial charge in [-0.15, -0.1) is 0 Å². The molecule has 1 unspecified atom stereocenters. The molecule has 26 heavy (non-hydrogen) atoms. The number of ether oxygens (including phenoxy) is 2. The minimum absolute atomic E-state index is 0.124. The number of anilines is 2. The second-order valence-electron chi connectivity index (χ2n) is 6.60. The Morgan fingerprint density at radius 2 is 1.77 bits per heavy atom. The molecule has 0 aromatic heterocycles. The van der Waals surface area contributed by atoms with Gasteiger partial charge in [-0.05, 0) is 69.0 Å². The lowest BCUT2D eigenvalue weighted by molar-refractivity contribution is -0.116. The first-order chi connectivity index (χ1) is 12.7. The minimum atomic E-state index is -0.387. The first-order valence-electron chi connectivity index (χ1n) is 9.13. The van der Waals surface area contributed by atoms with Crippen LogP contribution in [0, 0.1) is 0 Å². The summed E-state index contributed by atoms with van der Waals surface area (Å²) in [5.74, 6) is 1.40. The monoisotopic (exact) mass is 354 g/mol. The zero-order valence-corrected chi connectivity index (χ0v) is 15.3. The number of hydrogen-bond donors (Lipinski definition) is 2. The standard InChI is InChI=1S/C21H26N2O3/c1-15(21(24)23-19-9-5-6-10-20(19)25-2)22-16-11-13-18(14-12-16)26-17-7-3-4-8-17/h5-6,9-15,17,22H,3-4,7-8H2,1-2H3,(H,23,24). The first kappa shape index (κ1) is 18.1. The van der Waals surface area contributed by atoms with Crippen LogP contribution in [-0.4, -0.2) is 25.2 Å². The molecule has 138 valence electrons. The lowest BCUT2D eigenvalue weighted by atomic mass is 10.2. The van der Waals surface area contributed by atoms with Gasteiger partial charge in [-0.2, -0.15) is 0 Å². The topological polar surface area (TPSA) is 59.6 Å². The molecule has 2 N–H and O–H groups in total. The van der Waals surface area contributed by atoms with Crippen molar-refractivity contribution in [2.24, 2.45) is 0 Å². The molecule has 2 aromatic carbocycles. The lowest BCUT2D eigenvalue weighted by Crippen LogP contribution is -2.31. The van der Waals surface area contributed by atoms with E-state index >= 15 is 0 Å². The molecule has 1 amide bonds. The minimum Gasteiger partial charge on any atom is -0.495 e. The van der Waals surface area contributed by atoms with Crippen molar-refractivity contribution in [3.05, 3.63) is 48.5 Å². The number of carbonyl (C=O) groups excluding carboxylic acids is 1. The van der Waals surface area contributed by atoms with Crippen LogP contribution >= 0.6 is 0 Å². The van der Waals surface area contributed by atoms with Gasteiger partial charge in [-0.1, -0.05) is 12.1 Å². The number of para-hydroxylation sites is 2. The third-order valence-electron chi connectivity index (χ3n) is 4.60. The lowest BCUT2D eigenvalue weighted by Gasteiger charge is -2.17. The molecule has 0 saturated heterocycles. The Morgan fingerprint density at radius 3 is 2.46 bits per heavy atom. The van der Waals surface area contributed by atoms with Crippen molar-refractivity contribution < 1.29 is 14.3 Å². The molecule has 1 aliphatic rings. The molecule has 0 heterocycles. The number of nitrogens with one attached hydrogen (secondary N) is 2. The first-order valence-corrected chi connectivity index (χ1v) is 9.13. The van der Waals surface area contributed by atoms with Gasteiger partial charge < -0.3 is 20.1 Å². The van der Waals surface area contributed by atoms with Gasteiger partial charge in [0.15, 0.2) is 0 Å². The summed E-state index contributed by atoms with van der Waals surface area (Å²) in [6, 6.07) is 14.8. The summed E-state index contributed by atoms with van der Waals surface area (Å²) in [6.07, 6.45) is 5.13. The molecule has 0 spiro atoms. The maximum absolute atomic E-state index is 12.4. The summed E-state index contributed by atoms with van der Waals surface area (Å²) in [5.41, 5.74) is 1.54. The van der Waals surface area contributed by atoms with Crippen molar-refractivity contribution in [1.29, 1.82) is 0 Å². The summed E-state index contributed by atoms with van der Waals surface area (Å²) >= 11 is 0. The highest BCUT2D eigenvalue weighted by atomic mass is 16.5. The van der Waals surface area contributed by atoms with Crippen molar-refractivity contribution in [2.75, 3.05) is 17.7 Å². The molecule has 1 aliphatic carbocycles. The highest BCUT2D eigenvalue weighted by molar-refractivity contribution is 5.97. The molecule has 1 fully saturated rings. The van der Waals surface area contributed by atoms with E-state index in [0.717, 1.165) is 24.3 Å². The quantitative estimate of drug-likeness (QED) is 0.771. The molecule has 0 radical (unpaired) electrons. The average molecular weight is 354 g/mol. The third kappa shape index (κ3) is 4.69. The zero-order chi connectivity index (χ0) is 18.4. The maximum Gasteiger partial charge on any atom is 0.246 e. The van der Waals surface area contributed by atoms with E-state index in [-0.39, 0.29) is 11.9 Å². The molecule has 2 aromatic rings. The van der Waals surface area contributed by atoms with Crippen LogP contribution < -0.4 is 20.1 Å². The van der Waals surface area contributed by atoms with Crippen LogP contribution in [0.2, 0.25) is 0 Å². The van der Waals surface area contributed by atoms with Crippen LogP contribution in [0.3, 0.4) is 0 Å². The van der Waals surface area contributed by atoms with E-state index in [1.165, 1.54) is 12.8 Å². The highest BCUT2D eigenvalue weighted by Crippen LogP contribution is 2.26. The van der Waals surface area contributed by atoms with Crippen LogP contribution in [0.15, 0.2) is 48.5 Å². The van der Waals surface area contributed by atoms with E-state index in [1.54, 1.807) is 7.11 Å². The van der Waals surface area contributed by atoms with Crippen molar-refractivity contribution >= 4 is 17.3 Å². The van der Waals surface area contributed by atoms with Crippen LogP contribution in [0.4, 0.5) is 11.4 Å².